The van der Waals surface area contributed by atoms with Crippen LogP contribution in [-0.4, -0.2) is 20.5 Å². The monoisotopic (exact) mass is 566 g/mol. The molecule has 0 aliphatic rings. The molecule has 2 heterocycles. The van der Waals surface area contributed by atoms with E-state index in [0.717, 1.165) is 16.6 Å². The largest absolute Gasteiger partial charge is 0.512 e. The third-order valence-electron chi connectivity index (χ3n) is 4.45. The molecule has 0 aliphatic heterocycles. The first-order valence-corrected chi connectivity index (χ1v) is 9.27. The van der Waals surface area contributed by atoms with E-state index >= 15 is 0 Å². The normalized spacial score (nSPS) is 11.8. The topological polar surface area (TPSA) is 54.6 Å². The van der Waals surface area contributed by atoms with Gasteiger partial charge >= 0.3 is 0 Å². The summed E-state index contributed by atoms with van der Waals surface area (Å²) in [4.78, 5) is 10.0. The molecule has 153 valence electrons. The molecule has 4 nitrogen and oxygen atoms in total. The van der Waals surface area contributed by atoms with E-state index in [0.29, 0.717) is 0 Å². The molecule has 1 N–H and O–H groups in total. The van der Waals surface area contributed by atoms with Crippen molar-refractivity contribution in [3.63, 3.8) is 0 Å². The van der Waals surface area contributed by atoms with E-state index in [4.69, 9.17) is 10.2 Å². The molecule has 0 fully saturated rings. The van der Waals surface area contributed by atoms with Crippen LogP contribution in [0.1, 0.15) is 40.2 Å². The van der Waals surface area contributed by atoms with Crippen LogP contribution < -0.4 is 0 Å². The fraction of sp³-hybridized carbons (Fsp3) is 0.250. The summed E-state index contributed by atoms with van der Waals surface area (Å²) < 4.78 is 2.02. The molecule has 2 aromatic carbocycles. The first-order chi connectivity index (χ1) is 13.2. The van der Waals surface area contributed by atoms with Gasteiger partial charge in [-0.1, -0.05) is 44.5 Å². The first-order valence-electron chi connectivity index (χ1n) is 9.27. The number of nitrogens with zero attached hydrogens (tertiary/aromatic N) is 2. The van der Waals surface area contributed by atoms with Crippen LogP contribution in [-0.2, 0) is 30.3 Å². The predicted octanol–water partition coefficient (Wildman–Crippen LogP) is 5.77. The van der Waals surface area contributed by atoms with E-state index in [1.807, 2.05) is 22.7 Å². The summed E-state index contributed by atoms with van der Waals surface area (Å²) in [5.41, 5.74) is 4.66. The van der Waals surface area contributed by atoms with E-state index in [9.17, 15) is 4.79 Å². The van der Waals surface area contributed by atoms with Gasteiger partial charge in [-0.05, 0) is 36.9 Å². The smallest absolute Gasteiger partial charge is 0.155 e. The van der Waals surface area contributed by atoms with Gasteiger partial charge in [0.05, 0.1) is 16.8 Å². The fourth-order valence-electron chi connectivity index (χ4n) is 3.31. The van der Waals surface area contributed by atoms with Crippen LogP contribution >= 0.6 is 0 Å². The molecule has 5 heteroatoms. The van der Waals surface area contributed by atoms with E-state index < -0.39 is 0 Å². The molecular formula is C24H25IrN2O2-. The molecule has 29 heavy (non-hydrogen) atoms. The summed E-state index contributed by atoms with van der Waals surface area (Å²) >= 11 is 0. The SMILES string of the molecule is CC(=O)C=C(C)O.CC(C)(C)c1cc2c3ccccc3nn2c2[c-]cccc12.[Ir]. The second-order valence-corrected chi connectivity index (χ2v) is 7.95. The van der Waals surface area contributed by atoms with E-state index in [1.165, 1.54) is 36.3 Å². The van der Waals surface area contributed by atoms with Gasteiger partial charge in [-0.3, -0.25) is 9.31 Å². The zero-order valence-electron chi connectivity index (χ0n) is 17.3. The number of allylic oxidation sites excluding steroid dienone is 2. The zero-order chi connectivity index (χ0) is 20.5. The van der Waals surface area contributed by atoms with Crippen molar-refractivity contribution >= 4 is 33.1 Å². The summed E-state index contributed by atoms with van der Waals surface area (Å²) in [6, 6.07) is 20.1. The fourth-order valence-corrected chi connectivity index (χ4v) is 3.31. The predicted molar refractivity (Wildman–Crippen MR) is 115 cm³/mol. The number of ketones is 1. The number of fused-ring (bicyclic) bond motifs is 5. The molecule has 0 amide bonds. The van der Waals surface area contributed by atoms with Crippen LogP contribution in [0.2, 0.25) is 0 Å². The quantitative estimate of drug-likeness (QED) is 0.181. The molecule has 0 spiro atoms. The van der Waals surface area contributed by atoms with Crippen molar-refractivity contribution in [2.45, 2.75) is 40.0 Å². The van der Waals surface area contributed by atoms with E-state index in [2.05, 4.69) is 57.2 Å². The maximum Gasteiger partial charge on any atom is 0.155 e. The van der Waals surface area contributed by atoms with Crippen molar-refractivity contribution in [1.82, 2.24) is 9.61 Å². The average molecular weight is 566 g/mol. The molecule has 1 radical (unpaired) electrons. The average Bonchev–Trinajstić information content (AvgIpc) is 2.98. The van der Waals surface area contributed by atoms with E-state index in [1.54, 1.807) is 0 Å². The Balaban J connectivity index is 0.000000327. The molecule has 2 aromatic heterocycles. The molecule has 0 bridgehead atoms. The van der Waals surface area contributed by atoms with Crippen molar-refractivity contribution in [2.24, 2.45) is 0 Å². The molecular weight excluding hydrogens is 540 g/mol. The number of rotatable bonds is 1. The second kappa shape index (κ2) is 8.89. The zero-order valence-corrected chi connectivity index (χ0v) is 19.7. The van der Waals surface area contributed by atoms with Gasteiger partial charge in [-0.15, -0.1) is 5.39 Å². The van der Waals surface area contributed by atoms with Crippen molar-refractivity contribution in [3.05, 3.63) is 72.0 Å². The Morgan fingerprint density at radius 2 is 1.76 bits per heavy atom. The number of carbonyl (C=O) groups is 1. The summed E-state index contributed by atoms with van der Waals surface area (Å²) in [6.45, 7) is 9.61. The summed E-state index contributed by atoms with van der Waals surface area (Å²) in [5, 5.41) is 15.5. The Hall–Kier alpha value is -2.49. The van der Waals surface area contributed by atoms with Crippen LogP contribution in [0.5, 0.6) is 0 Å². The maximum absolute atomic E-state index is 10.0. The first kappa shape index (κ1) is 22.8. The third kappa shape index (κ3) is 4.92. The van der Waals surface area contributed by atoms with Gasteiger partial charge in [0.2, 0.25) is 0 Å². The van der Waals surface area contributed by atoms with Gasteiger partial charge in [0.15, 0.2) is 5.78 Å². The van der Waals surface area contributed by atoms with Crippen LogP contribution in [0, 0.1) is 6.07 Å². The van der Waals surface area contributed by atoms with Crippen LogP contribution in [0.3, 0.4) is 0 Å². The number of carbonyl (C=O) groups excluding carboxylic acids is 1. The molecule has 0 unspecified atom stereocenters. The number of hydrogen-bond donors (Lipinski definition) is 1. The van der Waals surface area contributed by atoms with Gasteiger partial charge in [0, 0.05) is 31.6 Å². The Bertz CT molecular complexity index is 1200. The third-order valence-corrected chi connectivity index (χ3v) is 4.45. The van der Waals surface area contributed by atoms with Crippen LogP contribution in [0.15, 0.2) is 60.4 Å². The molecule has 0 aliphatic carbocycles. The number of benzene rings is 2. The number of pyridine rings is 1. The molecule has 0 saturated carbocycles. The summed E-state index contributed by atoms with van der Waals surface area (Å²) in [6.07, 6.45) is 1.17. The minimum absolute atomic E-state index is 0. The molecule has 0 saturated heterocycles. The number of aromatic nitrogens is 2. The van der Waals surface area contributed by atoms with Crippen molar-refractivity contribution in [1.29, 1.82) is 0 Å². The Morgan fingerprint density at radius 1 is 1.10 bits per heavy atom. The number of aliphatic hydroxyl groups is 1. The Morgan fingerprint density at radius 3 is 2.34 bits per heavy atom. The minimum Gasteiger partial charge on any atom is -0.512 e. The summed E-state index contributed by atoms with van der Waals surface area (Å²) in [7, 11) is 0. The standard InChI is InChI=1S/C19H17N2.C5H8O2.Ir/c1-19(2,3)15-12-18-14-9-4-6-10-16(14)20-21(18)17-11-7-5-8-13(15)17;1-4(6)3-5(2)7;/h4-10,12H,1-3H3;3,6H,1-2H3;/q-1;;. The molecule has 4 aromatic rings. The van der Waals surface area contributed by atoms with Crippen LogP contribution in [0.25, 0.3) is 27.3 Å². The van der Waals surface area contributed by atoms with Gasteiger partial charge in [-0.25, -0.2) is 0 Å². The number of aliphatic hydroxyl groups excluding tert-OH is 1. The van der Waals surface area contributed by atoms with Gasteiger partial charge in [0.25, 0.3) is 0 Å². The van der Waals surface area contributed by atoms with Gasteiger partial charge in [0.1, 0.15) is 0 Å². The summed E-state index contributed by atoms with van der Waals surface area (Å²) in [5.74, 6) is -0.0625. The number of hydrogen-bond acceptors (Lipinski definition) is 3. The molecule has 4 rings (SSSR count). The minimum atomic E-state index is -0.125. The maximum atomic E-state index is 10.0. The van der Waals surface area contributed by atoms with Gasteiger partial charge < -0.3 is 5.11 Å². The van der Waals surface area contributed by atoms with E-state index in [-0.39, 0.29) is 37.1 Å². The van der Waals surface area contributed by atoms with Gasteiger partial charge in [-0.2, -0.15) is 29.4 Å². The Kier molecular flexibility index (Phi) is 6.99. The molecule has 0 atom stereocenters. The van der Waals surface area contributed by atoms with Crippen molar-refractivity contribution in [3.8, 4) is 0 Å². The van der Waals surface area contributed by atoms with Crippen molar-refractivity contribution in [2.75, 3.05) is 0 Å². The van der Waals surface area contributed by atoms with Crippen molar-refractivity contribution < 1.29 is 30.0 Å². The Labute approximate surface area is 184 Å². The number of para-hydroxylation sites is 1. The second-order valence-electron chi connectivity index (χ2n) is 7.95. The van der Waals surface area contributed by atoms with Crippen LogP contribution in [0.4, 0.5) is 0 Å².